The minimum absolute atomic E-state index is 0.178. The fraction of sp³-hybridized carbons (Fsp3) is 0.286. The van der Waals surface area contributed by atoms with Crippen LogP contribution in [0.2, 0.25) is 0 Å². The van der Waals surface area contributed by atoms with Crippen LogP contribution >= 0.6 is 0 Å². The number of anilines is 1. The molecule has 1 aromatic heterocycles. The first-order valence-electron chi connectivity index (χ1n) is 6.39. The van der Waals surface area contributed by atoms with Gasteiger partial charge in [0.2, 0.25) is 0 Å². The van der Waals surface area contributed by atoms with E-state index in [2.05, 4.69) is 15.3 Å². The van der Waals surface area contributed by atoms with Gasteiger partial charge in [0.25, 0.3) is 5.91 Å². The molecule has 0 aliphatic rings. The Labute approximate surface area is 117 Å². The summed E-state index contributed by atoms with van der Waals surface area (Å²) in [5, 5.41) is 2.91. The summed E-state index contributed by atoms with van der Waals surface area (Å²) in [5.74, 6) is 1.07. The molecule has 0 aliphatic carbocycles. The predicted octanol–water partition coefficient (Wildman–Crippen LogP) is 1.88. The van der Waals surface area contributed by atoms with Crippen LogP contribution in [0.3, 0.4) is 0 Å². The average Bonchev–Trinajstić information content (AvgIpc) is 2.99. The number of nitrogens with two attached hydrogens (primary N) is 1. The van der Waals surface area contributed by atoms with Gasteiger partial charge in [0.15, 0.2) is 0 Å². The molecule has 4 N–H and O–H groups in total. The Kier molecular flexibility index (Phi) is 4.24. The highest BCUT2D eigenvalue weighted by atomic mass is 16.5. The summed E-state index contributed by atoms with van der Waals surface area (Å²) < 4.78 is 5.11. The maximum atomic E-state index is 12.3. The topological polar surface area (TPSA) is 93.0 Å². The van der Waals surface area contributed by atoms with Crippen LogP contribution in [0, 0.1) is 0 Å². The molecule has 6 heteroatoms. The highest BCUT2D eigenvalue weighted by Crippen LogP contribution is 2.21. The van der Waals surface area contributed by atoms with E-state index in [1.54, 1.807) is 37.7 Å². The zero-order chi connectivity index (χ0) is 14.5. The van der Waals surface area contributed by atoms with E-state index in [4.69, 9.17) is 10.5 Å². The molecule has 0 spiro atoms. The van der Waals surface area contributed by atoms with Gasteiger partial charge in [-0.05, 0) is 24.6 Å². The lowest BCUT2D eigenvalue weighted by atomic mass is 10.1. The fourth-order valence-corrected chi connectivity index (χ4v) is 1.93. The third-order valence-electron chi connectivity index (χ3n) is 3.07. The first kappa shape index (κ1) is 13.9. The summed E-state index contributed by atoms with van der Waals surface area (Å²) in [5.41, 5.74) is 6.65. The van der Waals surface area contributed by atoms with Gasteiger partial charge in [-0.2, -0.15) is 0 Å². The molecule has 0 radical (unpaired) electrons. The van der Waals surface area contributed by atoms with Crippen molar-refractivity contribution in [3.8, 4) is 5.75 Å². The van der Waals surface area contributed by atoms with Crippen molar-refractivity contribution in [3.63, 3.8) is 0 Å². The van der Waals surface area contributed by atoms with Gasteiger partial charge in [-0.3, -0.25) is 4.79 Å². The SMILES string of the molecule is CCC(NC(=O)c1cc(OC)ccc1N)c1ncc[nH]1. The standard InChI is InChI=1S/C14H18N4O2/c1-3-12(13-16-6-7-17-13)18-14(19)10-8-9(20-2)4-5-11(10)15/h4-8,12H,3,15H2,1-2H3,(H,16,17)(H,18,19). The second kappa shape index (κ2) is 6.10. The van der Waals surface area contributed by atoms with Crippen molar-refractivity contribution in [3.05, 3.63) is 42.0 Å². The predicted molar refractivity (Wildman–Crippen MR) is 76.5 cm³/mol. The van der Waals surface area contributed by atoms with Crippen molar-refractivity contribution in [1.82, 2.24) is 15.3 Å². The van der Waals surface area contributed by atoms with Crippen LogP contribution in [-0.2, 0) is 0 Å². The Morgan fingerprint density at radius 1 is 1.55 bits per heavy atom. The number of carbonyl (C=O) groups is 1. The number of imidazole rings is 1. The Balaban J connectivity index is 2.19. The molecule has 106 valence electrons. The molecule has 1 heterocycles. The van der Waals surface area contributed by atoms with Crippen molar-refractivity contribution in [2.45, 2.75) is 19.4 Å². The molecule has 0 saturated heterocycles. The molecular weight excluding hydrogens is 256 g/mol. The van der Waals surface area contributed by atoms with Gasteiger partial charge in [-0.1, -0.05) is 6.92 Å². The molecule has 2 rings (SSSR count). The quantitative estimate of drug-likeness (QED) is 0.726. The van der Waals surface area contributed by atoms with E-state index < -0.39 is 0 Å². The lowest BCUT2D eigenvalue weighted by Gasteiger charge is -2.16. The van der Waals surface area contributed by atoms with Crippen LogP contribution in [0.15, 0.2) is 30.6 Å². The second-order valence-corrected chi connectivity index (χ2v) is 4.36. The number of hydrogen-bond acceptors (Lipinski definition) is 4. The normalized spacial score (nSPS) is 11.9. The fourth-order valence-electron chi connectivity index (χ4n) is 1.93. The van der Waals surface area contributed by atoms with Gasteiger partial charge >= 0.3 is 0 Å². The number of amides is 1. The molecule has 2 aromatic rings. The molecule has 1 aromatic carbocycles. The van der Waals surface area contributed by atoms with E-state index in [0.717, 1.165) is 12.2 Å². The minimum atomic E-state index is -0.246. The molecule has 1 unspecified atom stereocenters. The number of nitrogens with one attached hydrogen (secondary N) is 2. The number of aromatic amines is 1. The molecular formula is C14H18N4O2. The number of H-pyrrole nitrogens is 1. The second-order valence-electron chi connectivity index (χ2n) is 4.36. The maximum absolute atomic E-state index is 12.3. The van der Waals surface area contributed by atoms with Gasteiger partial charge in [-0.15, -0.1) is 0 Å². The Morgan fingerprint density at radius 2 is 2.35 bits per heavy atom. The zero-order valence-electron chi connectivity index (χ0n) is 11.5. The number of ether oxygens (including phenoxy) is 1. The van der Waals surface area contributed by atoms with Crippen LogP contribution in [0.5, 0.6) is 5.75 Å². The van der Waals surface area contributed by atoms with Crippen molar-refractivity contribution in [1.29, 1.82) is 0 Å². The summed E-state index contributed by atoms with van der Waals surface area (Å²) in [6.45, 7) is 1.97. The first-order valence-corrected chi connectivity index (χ1v) is 6.39. The van der Waals surface area contributed by atoms with Crippen LogP contribution in [0.25, 0.3) is 0 Å². The van der Waals surface area contributed by atoms with E-state index in [0.29, 0.717) is 17.0 Å². The molecule has 1 atom stereocenters. The van der Waals surface area contributed by atoms with Crippen LogP contribution in [0.4, 0.5) is 5.69 Å². The van der Waals surface area contributed by atoms with Gasteiger partial charge < -0.3 is 20.8 Å². The number of hydrogen-bond donors (Lipinski definition) is 3. The van der Waals surface area contributed by atoms with Gasteiger partial charge in [0, 0.05) is 18.1 Å². The van der Waals surface area contributed by atoms with E-state index in [9.17, 15) is 4.79 Å². The number of rotatable bonds is 5. The Bertz CT molecular complexity index is 581. The Hall–Kier alpha value is -2.50. The Morgan fingerprint density at radius 3 is 2.95 bits per heavy atom. The van der Waals surface area contributed by atoms with Crippen LogP contribution in [0.1, 0.15) is 35.6 Å². The van der Waals surface area contributed by atoms with Gasteiger partial charge in [0.1, 0.15) is 11.6 Å². The number of nitrogens with zero attached hydrogens (tertiary/aromatic N) is 1. The number of methoxy groups -OCH3 is 1. The molecule has 1 amide bonds. The molecule has 0 bridgehead atoms. The summed E-state index contributed by atoms with van der Waals surface area (Å²) in [6.07, 6.45) is 4.11. The third-order valence-corrected chi connectivity index (χ3v) is 3.07. The minimum Gasteiger partial charge on any atom is -0.497 e. The molecule has 0 fully saturated rings. The van der Waals surface area contributed by atoms with Crippen LogP contribution in [-0.4, -0.2) is 23.0 Å². The molecule has 0 saturated carbocycles. The van der Waals surface area contributed by atoms with E-state index in [1.807, 2.05) is 6.92 Å². The van der Waals surface area contributed by atoms with E-state index in [-0.39, 0.29) is 11.9 Å². The van der Waals surface area contributed by atoms with Crippen molar-refractivity contribution < 1.29 is 9.53 Å². The van der Waals surface area contributed by atoms with Gasteiger partial charge in [-0.25, -0.2) is 4.98 Å². The van der Waals surface area contributed by atoms with Crippen molar-refractivity contribution in [2.75, 3.05) is 12.8 Å². The lowest BCUT2D eigenvalue weighted by Crippen LogP contribution is -2.29. The van der Waals surface area contributed by atoms with Crippen LogP contribution < -0.4 is 15.8 Å². The van der Waals surface area contributed by atoms with Crippen molar-refractivity contribution >= 4 is 11.6 Å². The number of benzene rings is 1. The van der Waals surface area contributed by atoms with Crippen molar-refractivity contribution in [2.24, 2.45) is 0 Å². The highest BCUT2D eigenvalue weighted by Gasteiger charge is 2.18. The smallest absolute Gasteiger partial charge is 0.254 e. The number of carbonyl (C=O) groups excluding carboxylic acids is 1. The molecule has 0 aliphatic heterocycles. The lowest BCUT2D eigenvalue weighted by molar-refractivity contribution is 0.0934. The summed E-state index contributed by atoms with van der Waals surface area (Å²) >= 11 is 0. The van der Waals surface area contributed by atoms with E-state index >= 15 is 0 Å². The highest BCUT2D eigenvalue weighted by molar-refractivity contribution is 5.99. The largest absolute Gasteiger partial charge is 0.497 e. The average molecular weight is 274 g/mol. The molecule has 20 heavy (non-hydrogen) atoms. The van der Waals surface area contributed by atoms with Gasteiger partial charge in [0.05, 0.1) is 18.7 Å². The molecule has 6 nitrogen and oxygen atoms in total. The number of aromatic nitrogens is 2. The third kappa shape index (κ3) is 2.90. The first-order chi connectivity index (χ1) is 9.65. The summed E-state index contributed by atoms with van der Waals surface area (Å²) in [6, 6.07) is 4.82. The number of nitrogen functional groups attached to an aromatic ring is 1. The maximum Gasteiger partial charge on any atom is 0.254 e. The summed E-state index contributed by atoms with van der Waals surface area (Å²) in [4.78, 5) is 19.5. The van der Waals surface area contributed by atoms with E-state index in [1.165, 1.54) is 0 Å². The summed E-state index contributed by atoms with van der Waals surface area (Å²) in [7, 11) is 1.55. The monoisotopic (exact) mass is 274 g/mol. The zero-order valence-corrected chi connectivity index (χ0v) is 11.5.